The van der Waals surface area contributed by atoms with Gasteiger partial charge in [-0.05, 0) is 78.3 Å². The zero-order valence-electron chi connectivity index (χ0n) is 28.8. The van der Waals surface area contributed by atoms with E-state index in [4.69, 9.17) is 37.2 Å². The van der Waals surface area contributed by atoms with Gasteiger partial charge in [0.2, 0.25) is 5.91 Å². The normalized spacial score (nSPS) is 18.5. The van der Waals surface area contributed by atoms with E-state index in [0.29, 0.717) is 54.8 Å². The molecule has 3 aromatic carbocycles. The molecular formula is C39H38Cl2F2N4O5. The number of piperazine rings is 1. The first-order valence-corrected chi connectivity index (χ1v) is 18.0. The molecule has 1 aromatic heterocycles. The molecule has 4 aromatic rings. The Labute approximate surface area is 310 Å². The van der Waals surface area contributed by atoms with Gasteiger partial charge in [-0.15, -0.1) is 0 Å². The molecule has 1 aliphatic carbocycles. The third-order valence-corrected chi connectivity index (χ3v) is 10.6. The number of hydrogen-bond acceptors (Lipinski definition) is 7. The fraction of sp³-hybridized carbons (Fsp3) is 0.359. The maximum Gasteiger partial charge on any atom is 0.252 e. The monoisotopic (exact) mass is 750 g/mol. The van der Waals surface area contributed by atoms with Gasteiger partial charge in [0.25, 0.3) is 5.91 Å². The van der Waals surface area contributed by atoms with Gasteiger partial charge < -0.3 is 29.1 Å². The Morgan fingerprint density at radius 2 is 1.81 bits per heavy atom. The van der Waals surface area contributed by atoms with Crippen molar-refractivity contribution < 1.29 is 32.4 Å². The molecule has 2 atom stereocenters. The predicted molar refractivity (Wildman–Crippen MR) is 193 cm³/mol. The number of carbonyl (C=O) groups is 2. The number of fused-ring (bicyclic) bond motifs is 2. The predicted octanol–water partition coefficient (Wildman–Crippen LogP) is 7.23. The molecule has 9 nitrogen and oxygen atoms in total. The molecule has 1 saturated heterocycles. The van der Waals surface area contributed by atoms with Crippen molar-refractivity contribution in [1.29, 1.82) is 0 Å². The van der Waals surface area contributed by atoms with Crippen LogP contribution < -0.4 is 10.1 Å². The minimum atomic E-state index is -0.763. The van der Waals surface area contributed by atoms with Gasteiger partial charge in [-0.3, -0.25) is 9.59 Å². The van der Waals surface area contributed by atoms with Crippen molar-refractivity contribution in [3.05, 3.63) is 110 Å². The third kappa shape index (κ3) is 7.73. The fourth-order valence-corrected chi connectivity index (χ4v) is 7.43. The summed E-state index contributed by atoms with van der Waals surface area (Å²) >= 11 is 12.7. The van der Waals surface area contributed by atoms with Crippen molar-refractivity contribution in [3.8, 4) is 17.0 Å². The van der Waals surface area contributed by atoms with Crippen LogP contribution in [0, 0.1) is 11.6 Å². The van der Waals surface area contributed by atoms with Gasteiger partial charge >= 0.3 is 0 Å². The molecule has 1 saturated carbocycles. The molecule has 2 fully saturated rings. The largest absolute Gasteiger partial charge is 0.486 e. The Kier molecular flexibility index (Phi) is 10.7. The second-order valence-corrected chi connectivity index (χ2v) is 14.3. The summed E-state index contributed by atoms with van der Waals surface area (Å²) in [5, 5.41) is 7.71. The van der Waals surface area contributed by atoms with Crippen LogP contribution in [0.4, 0.5) is 8.78 Å². The molecule has 0 radical (unpaired) electrons. The van der Waals surface area contributed by atoms with Gasteiger partial charge in [0.15, 0.2) is 5.76 Å². The summed E-state index contributed by atoms with van der Waals surface area (Å²) in [6.07, 6.45) is 3.13. The van der Waals surface area contributed by atoms with Crippen LogP contribution in [0.15, 0.2) is 70.8 Å². The van der Waals surface area contributed by atoms with Crippen molar-refractivity contribution in [2.75, 3.05) is 26.8 Å². The second kappa shape index (κ2) is 15.4. The van der Waals surface area contributed by atoms with Gasteiger partial charge in [-0.25, -0.2) is 8.78 Å². The van der Waals surface area contributed by atoms with E-state index < -0.39 is 11.6 Å². The van der Waals surface area contributed by atoms with Crippen LogP contribution >= 0.6 is 23.2 Å². The van der Waals surface area contributed by atoms with Gasteiger partial charge in [0.05, 0.1) is 23.2 Å². The van der Waals surface area contributed by atoms with E-state index in [0.717, 1.165) is 53.7 Å². The van der Waals surface area contributed by atoms with Gasteiger partial charge in [-0.2, -0.15) is 0 Å². The number of halogens is 4. The van der Waals surface area contributed by atoms with Crippen LogP contribution in [-0.2, 0) is 33.9 Å². The highest BCUT2D eigenvalue weighted by atomic mass is 35.5. The second-order valence-electron chi connectivity index (χ2n) is 13.5. The molecular weight excluding hydrogens is 713 g/mol. The lowest BCUT2D eigenvalue weighted by molar-refractivity contribution is -0.132. The summed E-state index contributed by atoms with van der Waals surface area (Å²) in [6, 6.07) is 16.5. The van der Waals surface area contributed by atoms with E-state index in [1.54, 1.807) is 14.0 Å². The topological polar surface area (TPSA) is 97.1 Å². The number of rotatable bonds is 12. The zero-order valence-corrected chi connectivity index (χ0v) is 30.3. The number of nitrogens with zero attached hydrogens (tertiary/aromatic N) is 3. The number of methoxy groups -OCH3 is 1. The molecule has 0 spiro atoms. The van der Waals surface area contributed by atoms with Gasteiger partial charge in [0.1, 0.15) is 29.7 Å². The average Bonchev–Trinajstić information content (AvgIpc) is 3.88. The summed E-state index contributed by atoms with van der Waals surface area (Å²) in [6.45, 7) is 3.46. The minimum absolute atomic E-state index is 0.0107. The first-order valence-electron chi connectivity index (χ1n) is 17.2. The highest BCUT2D eigenvalue weighted by molar-refractivity contribution is 6.33. The lowest BCUT2D eigenvalue weighted by Gasteiger charge is -2.44. The Hall–Kier alpha value is -4.29. The number of ether oxygens (including phenoxy) is 2. The quantitative estimate of drug-likeness (QED) is 0.153. The van der Waals surface area contributed by atoms with E-state index in [1.807, 2.05) is 46.2 Å². The van der Waals surface area contributed by atoms with Crippen molar-refractivity contribution in [1.82, 2.24) is 20.3 Å². The lowest BCUT2D eigenvalue weighted by atomic mass is 9.82. The molecule has 3 heterocycles. The highest BCUT2D eigenvalue weighted by Crippen LogP contribution is 2.39. The van der Waals surface area contributed by atoms with Crippen LogP contribution in [0.5, 0.6) is 5.75 Å². The van der Waals surface area contributed by atoms with E-state index in [2.05, 4.69) is 16.5 Å². The molecule has 7 rings (SSSR count). The Balaban J connectivity index is 1.14. The first kappa shape index (κ1) is 36.1. The Morgan fingerprint density at radius 1 is 1.04 bits per heavy atom. The SMILES string of the molecule is COCCc1ccc(Cl)c(CN(C(=O)C2=C(c3ccc(OCc4cc(-c5c(F)ccc(F)c5Cl)no4)cc3)C[C@@H]3CN(C(C)=O)C[C@@H]2N3)C2CC2)c1. The third-order valence-electron chi connectivity index (χ3n) is 9.82. The standard InChI is InChI=1S/C39H38Cl2F2N4O5/c1-22(48)46-19-26-16-30(24-4-8-28(9-5-24)51-21-29-17-34(45-52-29)37-32(42)11-12-33(43)38(37)41)36(35(20-46)44-26)39(49)47(27-6-7-27)18-25-15-23(13-14-50-2)3-10-31(25)40/h3-5,8-12,15,17,26-27,35,44H,6-7,13-14,16,18-21H2,1-2H3/t26-,35+/m1/s1. The van der Waals surface area contributed by atoms with Crippen molar-refractivity contribution in [2.24, 2.45) is 0 Å². The van der Waals surface area contributed by atoms with Crippen molar-refractivity contribution in [3.63, 3.8) is 0 Å². The zero-order chi connectivity index (χ0) is 36.5. The van der Waals surface area contributed by atoms with Crippen LogP contribution in [-0.4, -0.2) is 71.7 Å². The first-order chi connectivity index (χ1) is 25.1. The van der Waals surface area contributed by atoms with Crippen LogP contribution in [0.25, 0.3) is 16.8 Å². The van der Waals surface area contributed by atoms with Crippen LogP contribution in [0.1, 0.15) is 48.6 Å². The number of nitrogens with one attached hydrogen (secondary N) is 1. The van der Waals surface area contributed by atoms with E-state index in [9.17, 15) is 18.4 Å². The van der Waals surface area contributed by atoms with Crippen LogP contribution in [0.3, 0.4) is 0 Å². The summed E-state index contributed by atoms with van der Waals surface area (Å²) in [4.78, 5) is 31.0. The summed E-state index contributed by atoms with van der Waals surface area (Å²) in [5.41, 5.74) is 4.33. The molecule has 2 bridgehead atoms. The molecule has 2 aliphatic heterocycles. The smallest absolute Gasteiger partial charge is 0.252 e. The van der Waals surface area contributed by atoms with E-state index >= 15 is 0 Å². The number of benzene rings is 3. The average molecular weight is 752 g/mol. The molecule has 272 valence electrons. The minimum Gasteiger partial charge on any atom is -0.486 e. The number of hydrogen-bond donors (Lipinski definition) is 1. The molecule has 1 N–H and O–H groups in total. The Morgan fingerprint density at radius 3 is 2.54 bits per heavy atom. The molecule has 2 amide bonds. The number of aromatic nitrogens is 1. The summed E-state index contributed by atoms with van der Waals surface area (Å²) in [5.74, 6) is -0.740. The van der Waals surface area contributed by atoms with Gasteiger partial charge in [0, 0.05) is 62.4 Å². The molecule has 0 unspecified atom stereocenters. The van der Waals surface area contributed by atoms with Crippen molar-refractivity contribution >= 4 is 40.6 Å². The number of carbonyl (C=O) groups excluding carboxylic acids is 2. The maximum atomic E-state index is 14.8. The lowest BCUT2D eigenvalue weighted by Crippen LogP contribution is -2.61. The van der Waals surface area contributed by atoms with Crippen LogP contribution in [0.2, 0.25) is 10.0 Å². The van der Waals surface area contributed by atoms with Crippen molar-refractivity contribution in [2.45, 2.75) is 63.9 Å². The van der Waals surface area contributed by atoms with Gasteiger partial charge in [-0.1, -0.05) is 52.6 Å². The van der Waals surface area contributed by atoms with E-state index in [1.165, 1.54) is 6.07 Å². The number of amides is 2. The molecule has 3 aliphatic rings. The summed E-state index contributed by atoms with van der Waals surface area (Å²) < 4.78 is 44.9. The molecule has 52 heavy (non-hydrogen) atoms. The Bertz CT molecular complexity index is 2020. The highest BCUT2D eigenvalue weighted by Gasteiger charge is 2.43. The summed E-state index contributed by atoms with van der Waals surface area (Å²) in [7, 11) is 1.67. The maximum absolute atomic E-state index is 14.8. The molecule has 13 heteroatoms. The fourth-order valence-electron chi connectivity index (χ4n) is 7.01. The van der Waals surface area contributed by atoms with E-state index in [-0.39, 0.29) is 52.8 Å².